The lowest BCUT2D eigenvalue weighted by Gasteiger charge is -2.11. The van der Waals surface area contributed by atoms with Crippen molar-refractivity contribution in [2.45, 2.75) is 18.9 Å². The predicted octanol–water partition coefficient (Wildman–Crippen LogP) is 2.11. The van der Waals surface area contributed by atoms with Crippen LogP contribution in [0.1, 0.15) is 39.3 Å². The summed E-state index contributed by atoms with van der Waals surface area (Å²) in [5, 5.41) is 14.5. The molecular weight excluding hydrogens is 332 g/mol. The first-order valence-corrected chi connectivity index (χ1v) is 8.33. The summed E-state index contributed by atoms with van der Waals surface area (Å²) in [6.45, 7) is 1.14. The average Bonchev–Trinajstić information content (AvgIpc) is 3.20. The number of aromatic nitrogens is 1. The molecule has 7 heteroatoms. The van der Waals surface area contributed by atoms with E-state index < -0.39 is 5.91 Å². The normalized spacial score (nSPS) is 15.9. The highest BCUT2D eigenvalue weighted by atomic mass is 16.5. The van der Waals surface area contributed by atoms with Crippen LogP contribution in [0.4, 0.5) is 5.69 Å². The number of pyridine rings is 1. The molecule has 2 N–H and O–H groups in total. The van der Waals surface area contributed by atoms with Crippen molar-refractivity contribution >= 4 is 17.5 Å². The number of carbonyl (C=O) groups excluding carboxylic acids is 2. The van der Waals surface area contributed by atoms with E-state index in [4.69, 9.17) is 10.00 Å². The summed E-state index contributed by atoms with van der Waals surface area (Å²) in [5.74, 6) is -0.768. The number of amides is 2. The number of benzene rings is 1. The molecule has 1 atom stereocenters. The number of rotatable bonds is 5. The first-order chi connectivity index (χ1) is 12.7. The van der Waals surface area contributed by atoms with E-state index in [1.165, 1.54) is 18.3 Å². The summed E-state index contributed by atoms with van der Waals surface area (Å²) in [6.07, 6.45) is 3.37. The number of nitrogens with zero attached hydrogens (tertiary/aromatic N) is 2. The Morgan fingerprint density at radius 2 is 2.12 bits per heavy atom. The van der Waals surface area contributed by atoms with Gasteiger partial charge >= 0.3 is 0 Å². The van der Waals surface area contributed by atoms with E-state index in [2.05, 4.69) is 15.6 Å². The molecule has 1 aromatic heterocycles. The van der Waals surface area contributed by atoms with Gasteiger partial charge in [-0.3, -0.25) is 14.6 Å². The van der Waals surface area contributed by atoms with E-state index in [1.54, 1.807) is 24.3 Å². The summed E-state index contributed by atoms with van der Waals surface area (Å²) in [6, 6.07) is 11.7. The fourth-order valence-corrected chi connectivity index (χ4v) is 2.68. The topological polar surface area (TPSA) is 104 Å². The van der Waals surface area contributed by atoms with Crippen molar-refractivity contribution in [1.29, 1.82) is 5.26 Å². The van der Waals surface area contributed by atoms with Crippen LogP contribution < -0.4 is 10.6 Å². The number of nitriles is 1. The van der Waals surface area contributed by atoms with Crippen molar-refractivity contribution in [3.8, 4) is 6.07 Å². The Morgan fingerprint density at radius 3 is 2.88 bits per heavy atom. The van der Waals surface area contributed by atoms with E-state index in [0.717, 1.165) is 19.4 Å². The molecule has 3 rings (SSSR count). The minimum atomic E-state index is -0.414. The van der Waals surface area contributed by atoms with Crippen LogP contribution >= 0.6 is 0 Å². The molecule has 1 aliphatic rings. The van der Waals surface area contributed by atoms with E-state index in [1.807, 2.05) is 6.07 Å². The van der Waals surface area contributed by atoms with Gasteiger partial charge in [0, 0.05) is 24.9 Å². The van der Waals surface area contributed by atoms with Crippen molar-refractivity contribution in [1.82, 2.24) is 10.3 Å². The van der Waals surface area contributed by atoms with Crippen LogP contribution in [-0.4, -0.2) is 36.1 Å². The maximum Gasteiger partial charge on any atom is 0.269 e. The van der Waals surface area contributed by atoms with Crippen molar-refractivity contribution < 1.29 is 14.3 Å². The van der Waals surface area contributed by atoms with Gasteiger partial charge in [0.2, 0.25) is 0 Å². The molecule has 1 saturated heterocycles. The third-order valence-corrected chi connectivity index (χ3v) is 4.06. The van der Waals surface area contributed by atoms with Gasteiger partial charge < -0.3 is 15.4 Å². The second-order valence-electron chi connectivity index (χ2n) is 5.89. The summed E-state index contributed by atoms with van der Waals surface area (Å²) in [4.78, 5) is 28.7. The smallest absolute Gasteiger partial charge is 0.269 e. The molecule has 26 heavy (non-hydrogen) atoms. The molecule has 1 aliphatic heterocycles. The molecule has 0 aliphatic carbocycles. The van der Waals surface area contributed by atoms with Crippen LogP contribution in [0.5, 0.6) is 0 Å². The third kappa shape index (κ3) is 4.23. The number of carbonyl (C=O) groups is 2. The summed E-state index contributed by atoms with van der Waals surface area (Å²) in [5.41, 5.74) is 1.23. The lowest BCUT2D eigenvalue weighted by Crippen LogP contribution is -2.32. The molecular formula is C19H18N4O3. The van der Waals surface area contributed by atoms with Gasteiger partial charge in [0.25, 0.3) is 11.8 Å². The first kappa shape index (κ1) is 17.6. The number of nitrogens with one attached hydrogen (secondary N) is 2. The highest BCUT2D eigenvalue weighted by Crippen LogP contribution is 2.15. The van der Waals surface area contributed by atoms with Gasteiger partial charge in [-0.05, 0) is 37.1 Å². The quantitative estimate of drug-likeness (QED) is 0.859. The molecule has 7 nitrogen and oxygen atoms in total. The molecule has 0 spiro atoms. The minimum absolute atomic E-state index is 0.0351. The minimum Gasteiger partial charge on any atom is -0.376 e. The standard InChI is InChI=1S/C19H18N4O3/c20-11-14-4-1-2-6-16(14)23-18(24)13-7-8-21-17(10-13)19(25)22-12-15-5-3-9-26-15/h1-2,4,6-8,10,15H,3,5,9,12H2,(H,22,25)(H,23,24). The van der Waals surface area contributed by atoms with E-state index >= 15 is 0 Å². The van der Waals surface area contributed by atoms with Crippen LogP contribution in [0.25, 0.3) is 0 Å². The van der Waals surface area contributed by atoms with Crippen LogP contribution in [0.2, 0.25) is 0 Å². The summed E-state index contributed by atoms with van der Waals surface area (Å²) < 4.78 is 5.46. The lowest BCUT2D eigenvalue weighted by molar-refractivity contribution is 0.0853. The second-order valence-corrected chi connectivity index (χ2v) is 5.89. The molecule has 2 amide bonds. The van der Waals surface area contributed by atoms with E-state index in [0.29, 0.717) is 17.8 Å². The van der Waals surface area contributed by atoms with Crippen LogP contribution in [-0.2, 0) is 4.74 Å². The number of hydrogen-bond acceptors (Lipinski definition) is 5. The molecule has 0 saturated carbocycles. The maximum atomic E-state index is 12.4. The highest BCUT2D eigenvalue weighted by Gasteiger charge is 2.18. The average molecular weight is 350 g/mol. The molecule has 1 unspecified atom stereocenters. The van der Waals surface area contributed by atoms with Gasteiger partial charge in [-0.2, -0.15) is 5.26 Å². The zero-order valence-electron chi connectivity index (χ0n) is 14.1. The fraction of sp³-hybridized carbons (Fsp3) is 0.263. The predicted molar refractivity (Wildman–Crippen MR) is 94.7 cm³/mol. The largest absolute Gasteiger partial charge is 0.376 e. The van der Waals surface area contributed by atoms with Crippen LogP contribution in [0.15, 0.2) is 42.6 Å². The zero-order valence-corrected chi connectivity index (χ0v) is 14.1. The van der Waals surface area contributed by atoms with E-state index in [-0.39, 0.29) is 23.3 Å². The Bertz CT molecular complexity index is 854. The molecule has 0 bridgehead atoms. The monoisotopic (exact) mass is 350 g/mol. The van der Waals surface area contributed by atoms with E-state index in [9.17, 15) is 9.59 Å². The summed E-state index contributed by atoms with van der Waals surface area (Å²) >= 11 is 0. The number of para-hydroxylation sites is 1. The molecule has 1 aromatic carbocycles. The third-order valence-electron chi connectivity index (χ3n) is 4.06. The first-order valence-electron chi connectivity index (χ1n) is 8.33. The molecule has 132 valence electrons. The van der Waals surface area contributed by atoms with Gasteiger partial charge in [0.15, 0.2) is 0 Å². The highest BCUT2D eigenvalue weighted by molar-refractivity contribution is 6.06. The zero-order chi connectivity index (χ0) is 18.4. The molecule has 2 aromatic rings. The van der Waals surface area contributed by atoms with Crippen molar-refractivity contribution in [3.63, 3.8) is 0 Å². The van der Waals surface area contributed by atoms with Gasteiger partial charge in [-0.15, -0.1) is 0 Å². The second kappa shape index (κ2) is 8.23. The van der Waals surface area contributed by atoms with Crippen molar-refractivity contribution in [2.24, 2.45) is 0 Å². The SMILES string of the molecule is N#Cc1ccccc1NC(=O)c1ccnc(C(=O)NCC2CCCO2)c1. The Balaban J connectivity index is 1.67. The van der Waals surface area contributed by atoms with Crippen molar-refractivity contribution in [2.75, 3.05) is 18.5 Å². The number of ether oxygens (including phenoxy) is 1. The Morgan fingerprint density at radius 1 is 1.27 bits per heavy atom. The Labute approximate surface area is 151 Å². The molecule has 2 heterocycles. The van der Waals surface area contributed by atoms with Gasteiger partial charge in [0.1, 0.15) is 11.8 Å². The fourth-order valence-electron chi connectivity index (χ4n) is 2.68. The van der Waals surface area contributed by atoms with Gasteiger partial charge in [-0.25, -0.2) is 0 Å². The number of anilines is 1. The Hall–Kier alpha value is -3.24. The van der Waals surface area contributed by atoms with Crippen molar-refractivity contribution in [3.05, 3.63) is 59.4 Å². The Kier molecular flexibility index (Phi) is 5.56. The van der Waals surface area contributed by atoms with Crippen LogP contribution in [0.3, 0.4) is 0 Å². The molecule has 1 fully saturated rings. The molecule has 0 radical (unpaired) electrons. The number of hydrogen-bond donors (Lipinski definition) is 2. The van der Waals surface area contributed by atoms with Crippen LogP contribution in [0, 0.1) is 11.3 Å². The van der Waals surface area contributed by atoms with Gasteiger partial charge in [-0.1, -0.05) is 12.1 Å². The summed E-state index contributed by atoms with van der Waals surface area (Å²) in [7, 11) is 0. The maximum absolute atomic E-state index is 12.4. The van der Waals surface area contributed by atoms with Gasteiger partial charge in [0.05, 0.1) is 17.4 Å². The lowest BCUT2D eigenvalue weighted by atomic mass is 10.1.